The van der Waals surface area contributed by atoms with Crippen LogP contribution in [-0.2, 0) is 10.3 Å². The van der Waals surface area contributed by atoms with Crippen LogP contribution in [0.15, 0.2) is 30.3 Å². The maximum absolute atomic E-state index is 12.8. The van der Waals surface area contributed by atoms with Gasteiger partial charge >= 0.3 is 6.03 Å². The Morgan fingerprint density at radius 2 is 1.86 bits per heavy atom. The molecule has 6 heteroatoms. The molecule has 0 saturated carbocycles. The van der Waals surface area contributed by atoms with Crippen molar-refractivity contribution in [1.82, 2.24) is 10.3 Å². The summed E-state index contributed by atoms with van der Waals surface area (Å²) in [6, 6.07) is 8.81. The zero-order chi connectivity index (χ0) is 15.2. The lowest BCUT2D eigenvalue weighted by molar-refractivity contribution is -0.121. The van der Waals surface area contributed by atoms with Crippen molar-refractivity contribution >= 4 is 28.4 Å². The van der Waals surface area contributed by atoms with Gasteiger partial charge in [0.25, 0.3) is 5.91 Å². The number of aromatic nitrogens is 1. The molecule has 1 aliphatic rings. The quantitative estimate of drug-likeness (QED) is 0.868. The monoisotopic (exact) mass is 301 g/mol. The van der Waals surface area contributed by atoms with Crippen molar-refractivity contribution in [3.05, 3.63) is 46.5 Å². The minimum absolute atomic E-state index is 0.299. The summed E-state index contributed by atoms with van der Waals surface area (Å²) >= 11 is 1.35. The standard InChI is InChI=1S/C15H15N3O2S/c1-9-10(2)21-14(16-9)18-12(19)15(3,17-13(18)20)11-7-5-4-6-8-11/h4-8H,1-3H3,(H,17,20)/t15-/m1/s1. The van der Waals surface area contributed by atoms with Crippen molar-refractivity contribution in [3.8, 4) is 0 Å². The number of nitrogens with zero attached hydrogens (tertiary/aromatic N) is 2. The van der Waals surface area contributed by atoms with Crippen LogP contribution in [0.3, 0.4) is 0 Å². The largest absolute Gasteiger partial charge is 0.331 e. The van der Waals surface area contributed by atoms with E-state index in [2.05, 4.69) is 10.3 Å². The molecule has 2 heterocycles. The van der Waals surface area contributed by atoms with E-state index in [-0.39, 0.29) is 5.91 Å². The Morgan fingerprint density at radius 3 is 2.43 bits per heavy atom. The molecule has 0 spiro atoms. The molecule has 21 heavy (non-hydrogen) atoms. The van der Waals surface area contributed by atoms with Crippen molar-refractivity contribution in [3.63, 3.8) is 0 Å². The number of imide groups is 1. The van der Waals surface area contributed by atoms with Crippen LogP contribution in [0.5, 0.6) is 0 Å². The lowest BCUT2D eigenvalue weighted by atomic mass is 9.92. The number of nitrogens with one attached hydrogen (secondary N) is 1. The first-order valence-electron chi connectivity index (χ1n) is 6.60. The molecule has 0 unspecified atom stereocenters. The number of anilines is 1. The SMILES string of the molecule is Cc1nc(N2C(=O)N[C@](C)(c3ccccc3)C2=O)sc1C. The predicted molar refractivity (Wildman–Crippen MR) is 81.4 cm³/mol. The first-order chi connectivity index (χ1) is 9.93. The van der Waals surface area contributed by atoms with Gasteiger partial charge in [-0.3, -0.25) is 4.79 Å². The molecule has 1 atom stereocenters. The van der Waals surface area contributed by atoms with Crippen LogP contribution < -0.4 is 10.2 Å². The van der Waals surface area contributed by atoms with E-state index in [0.29, 0.717) is 5.13 Å². The van der Waals surface area contributed by atoms with Crippen LogP contribution in [0.1, 0.15) is 23.1 Å². The van der Waals surface area contributed by atoms with Crippen LogP contribution in [0.25, 0.3) is 0 Å². The second-order valence-corrected chi connectivity index (χ2v) is 6.38. The van der Waals surface area contributed by atoms with E-state index in [4.69, 9.17) is 0 Å². The third kappa shape index (κ3) is 2.03. The summed E-state index contributed by atoms with van der Waals surface area (Å²) in [6.45, 7) is 5.51. The van der Waals surface area contributed by atoms with Gasteiger partial charge in [-0.05, 0) is 26.3 Å². The second-order valence-electron chi connectivity index (χ2n) is 5.20. The van der Waals surface area contributed by atoms with E-state index < -0.39 is 11.6 Å². The fraction of sp³-hybridized carbons (Fsp3) is 0.267. The topological polar surface area (TPSA) is 62.3 Å². The molecular weight excluding hydrogens is 286 g/mol. The van der Waals surface area contributed by atoms with Crippen molar-refractivity contribution in [2.45, 2.75) is 26.3 Å². The Kier molecular flexibility index (Phi) is 3.06. The molecular formula is C15H15N3O2S. The molecule has 3 amide bonds. The van der Waals surface area contributed by atoms with Gasteiger partial charge in [-0.15, -0.1) is 11.3 Å². The lowest BCUT2D eigenvalue weighted by Gasteiger charge is -2.21. The molecule has 0 bridgehead atoms. The summed E-state index contributed by atoms with van der Waals surface area (Å²) in [6.07, 6.45) is 0. The molecule has 1 aromatic heterocycles. The molecule has 1 N–H and O–H groups in total. The number of carbonyl (C=O) groups is 2. The van der Waals surface area contributed by atoms with Gasteiger partial charge in [0, 0.05) is 4.88 Å². The van der Waals surface area contributed by atoms with Gasteiger partial charge in [-0.25, -0.2) is 14.7 Å². The Hall–Kier alpha value is -2.21. The van der Waals surface area contributed by atoms with E-state index in [0.717, 1.165) is 21.0 Å². The molecule has 1 fully saturated rings. The van der Waals surface area contributed by atoms with E-state index >= 15 is 0 Å². The Balaban J connectivity index is 2.03. The average Bonchev–Trinajstić information content (AvgIpc) is 2.90. The summed E-state index contributed by atoms with van der Waals surface area (Å²) in [5.41, 5.74) is 0.547. The van der Waals surface area contributed by atoms with E-state index in [1.807, 2.05) is 44.2 Å². The average molecular weight is 301 g/mol. The number of carbonyl (C=O) groups excluding carboxylic acids is 2. The summed E-state index contributed by atoms with van der Waals surface area (Å²) in [4.78, 5) is 31.5. The number of benzene rings is 1. The number of urea groups is 1. The second kappa shape index (κ2) is 4.66. The first-order valence-corrected chi connectivity index (χ1v) is 7.41. The van der Waals surface area contributed by atoms with Crippen molar-refractivity contribution in [2.75, 3.05) is 4.90 Å². The normalized spacial score (nSPS) is 21.8. The number of rotatable bonds is 2. The molecule has 108 valence electrons. The van der Waals surface area contributed by atoms with Crippen LogP contribution >= 0.6 is 11.3 Å². The van der Waals surface area contributed by atoms with Gasteiger partial charge < -0.3 is 5.32 Å². The summed E-state index contributed by atoms with van der Waals surface area (Å²) < 4.78 is 0. The number of aryl methyl sites for hydroxylation is 2. The van der Waals surface area contributed by atoms with Crippen LogP contribution in [0, 0.1) is 13.8 Å². The number of hydrogen-bond acceptors (Lipinski definition) is 4. The predicted octanol–water partition coefficient (Wildman–Crippen LogP) is 2.73. The number of thiazole rings is 1. The fourth-order valence-electron chi connectivity index (χ4n) is 2.33. The van der Waals surface area contributed by atoms with Crippen molar-refractivity contribution in [2.24, 2.45) is 0 Å². The van der Waals surface area contributed by atoms with Crippen molar-refractivity contribution < 1.29 is 9.59 Å². The zero-order valence-electron chi connectivity index (χ0n) is 12.0. The number of hydrogen-bond donors (Lipinski definition) is 1. The Bertz CT molecular complexity index is 706. The minimum atomic E-state index is -1.05. The van der Waals surface area contributed by atoms with Crippen LogP contribution in [-0.4, -0.2) is 16.9 Å². The molecule has 1 aromatic carbocycles. The maximum Gasteiger partial charge on any atom is 0.331 e. The molecule has 2 aromatic rings. The van der Waals surface area contributed by atoms with Gasteiger partial charge in [0.15, 0.2) is 0 Å². The zero-order valence-corrected chi connectivity index (χ0v) is 12.8. The maximum atomic E-state index is 12.8. The summed E-state index contributed by atoms with van der Waals surface area (Å²) in [7, 11) is 0. The molecule has 0 aliphatic carbocycles. The molecule has 0 radical (unpaired) electrons. The van der Waals surface area contributed by atoms with Gasteiger partial charge in [0.2, 0.25) is 5.13 Å². The van der Waals surface area contributed by atoms with Gasteiger partial charge in [-0.1, -0.05) is 30.3 Å². The third-order valence-corrected chi connectivity index (χ3v) is 4.81. The molecule has 1 aliphatic heterocycles. The Labute approximate surface area is 126 Å². The molecule has 3 rings (SSSR count). The van der Waals surface area contributed by atoms with E-state index in [9.17, 15) is 9.59 Å². The number of amides is 3. The highest BCUT2D eigenvalue weighted by molar-refractivity contribution is 7.16. The van der Waals surface area contributed by atoms with Crippen LogP contribution in [0.2, 0.25) is 0 Å². The van der Waals surface area contributed by atoms with E-state index in [1.165, 1.54) is 11.3 Å². The van der Waals surface area contributed by atoms with E-state index in [1.54, 1.807) is 6.92 Å². The van der Waals surface area contributed by atoms with Crippen LogP contribution in [0.4, 0.5) is 9.93 Å². The smallest absolute Gasteiger partial charge is 0.319 e. The summed E-state index contributed by atoms with van der Waals surface area (Å²) in [5.74, 6) is -0.299. The van der Waals surface area contributed by atoms with Gasteiger partial charge in [0.1, 0.15) is 5.54 Å². The van der Waals surface area contributed by atoms with Gasteiger partial charge in [-0.2, -0.15) is 0 Å². The van der Waals surface area contributed by atoms with Crippen molar-refractivity contribution in [1.29, 1.82) is 0 Å². The highest BCUT2D eigenvalue weighted by Crippen LogP contribution is 2.34. The molecule has 5 nitrogen and oxygen atoms in total. The highest BCUT2D eigenvalue weighted by Gasteiger charge is 2.50. The summed E-state index contributed by atoms with van der Waals surface area (Å²) in [5, 5.41) is 3.20. The minimum Gasteiger partial charge on any atom is -0.319 e. The van der Waals surface area contributed by atoms with Gasteiger partial charge in [0.05, 0.1) is 5.69 Å². The highest BCUT2D eigenvalue weighted by atomic mass is 32.1. The molecule has 1 saturated heterocycles. The third-order valence-electron chi connectivity index (χ3n) is 3.75. The lowest BCUT2D eigenvalue weighted by Crippen LogP contribution is -2.40. The fourth-order valence-corrected chi connectivity index (χ4v) is 3.24. The Morgan fingerprint density at radius 1 is 1.19 bits per heavy atom. The first kappa shape index (κ1) is 13.8.